The molecule has 1 amide bonds. The van der Waals surface area contributed by atoms with Crippen molar-refractivity contribution in [1.29, 1.82) is 0 Å². The number of rotatable bonds is 1. The smallest absolute Gasteiger partial charge is 0.253 e. The van der Waals surface area contributed by atoms with E-state index in [0.29, 0.717) is 0 Å². The fraction of sp³-hybridized carbons (Fsp3) is 0.357. The molecule has 0 spiro atoms. The normalized spacial score (nSPS) is 16.1. The number of hydrogen-bond acceptors (Lipinski definition) is 1. The highest BCUT2D eigenvalue weighted by Gasteiger charge is 2.19. The third-order valence-corrected chi connectivity index (χ3v) is 3.12. The van der Waals surface area contributed by atoms with E-state index in [4.69, 9.17) is 0 Å². The lowest BCUT2D eigenvalue weighted by Gasteiger charge is -2.28. The number of nitrogens with zero attached hydrogens (tertiary/aromatic N) is 1. The molecule has 0 unspecified atom stereocenters. The van der Waals surface area contributed by atoms with Crippen molar-refractivity contribution in [2.24, 2.45) is 0 Å². The van der Waals surface area contributed by atoms with Gasteiger partial charge in [-0.15, -0.1) is 0 Å². The summed E-state index contributed by atoms with van der Waals surface area (Å²) in [5, 5.41) is 0. The molecule has 0 aromatic heterocycles. The molecule has 1 heterocycles. The zero-order valence-corrected chi connectivity index (χ0v) is 9.65. The molecular weight excluding hydrogens is 198 g/mol. The quantitative estimate of drug-likeness (QED) is 0.660. The molecule has 1 aromatic carbocycles. The van der Waals surface area contributed by atoms with E-state index in [-0.39, 0.29) is 5.91 Å². The van der Waals surface area contributed by atoms with Crippen LogP contribution in [0.1, 0.15) is 30.1 Å². The Morgan fingerprint density at radius 1 is 1.19 bits per heavy atom. The summed E-state index contributed by atoms with van der Waals surface area (Å²) in [6, 6.07) is 9.52. The van der Waals surface area contributed by atoms with E-state index in [1.807, 2.05) is 35.2 Å². The van der Waals surface area contributed by atoms with E-state index in [9.17, 15) is 4.79 Å². The summed E-state index contributed by atoms with van der Waals surface area (Å²) in [4.78, 5) is 14.0. The van der Waals surface area contributed by atoms with Crippen LogP contribution in [0.2, 0.25) is 0 Å². The number of allylic oxidation sites excluding steroid dienone is 1. The van der Waals surface area contributed by atoms with E-state index in [0.717, 1.165) is 31.5 Å². The Morgan fingerprint density at radius 3 is 2.38 bits per heavy atom. The van der Waals surface area contributed by atoms with Crippen molar-refractivity contribution in [1.82, 2.24) is 4.90 Å². The number of likely N-dealkylation sites (tertiary alicyclic amines) is 1. The van der Waals surface area contributed by atoms with Crippen molar-refractivity contribution in [3.63, 3.8) is 0 Å². The predicted molar refractivity (Wildman–Crippen MR) is 65.3 cm³/mol. The number of carbonyl (C=O) groups excluding carboxylic acids is 1. The zero-order valence-electron chi connectivity index (χ0n) is 9.65. The summed E-state index contributed by atoms with van der Waals surface area (Å²) in [5.41, 5.74) is 2.27. The second-order valence-electron chi connectivity index (χ2n) is 4.11. The first-order valence-electron chi connectivity index (χ1n) is 5.79. The summed E-state index contributed by atoms with van der Waals surface area (Å²) >= 11 is 0. The van der Waals surface area contributed by atoms with Crippen LogP contribution in [-0.2, 0) is 0 Å². The van der Waals surface area contributed by atoms with Crippen LogP contribution < -0.4 is 0 Å². The number of hydrogen-bond donors (Lipinski definition) is 0. The summed E-state index contributed by atoms with van der Waals surface area (Å²) in [7, 11) is 0. The molecule has 0 radical (unpaired) electrons. The van der Waals surface area contributed by atoms with Crippen LogP contribution in [-0.4, -0.2) is 23.9 Å². The minimum absolute atomic E-state index is 0.163. The number of piperidine rings is 1. The maximum absolute atomic E-state index is 12.1. The van der Waals surface area contributed by atoms with Crippen molar-refractivity contribution >= 4 is 5.91 Å². The highest BCUT2D eigenvalue weighted by Crippen LogP contribution is 2.17. The van der Waals surface area contributed by atoms with Gasteiger partial charge in [0.25, 0.3) is 5.91 Å². The van der Waals surface area contributed by atoms with Crippen LogP contribution in [0.4, 0.5) is 0 Å². The predicted octanol–water partition coefficient (Wildman–Crippen LogP) is 2.87. The van der Waals surface area contributed by atoms with E-state index in [2.05, 4.69) is 13.0 Å². The van der Waals surface area contributed by atoms with Crippen molar-refractivity contribution in [3.05, 3.63) is 47.5 Å². The molecule has 2 nitrogen and oxygen atoms in total. The molecule has 16 heavy (non-hydrogen) atoms. The third-order valence-electron chi connectivity index (χ3n) is 3.12. The maximum atomic E-state index is 12.1. The molecule has 0 aliphatic carbocycles. The molecule has 0 saturated carbocycles. The van der Waals surface area contributed by atoms with Gasteiger partial charge in [-0.05, 0) is 31.9 Å². The molecule has 0 bridgehead atoms. The molecule has 1 aromatic rings. The molecule has 1 aliphatic heterocycles. The molecule has 1 fully saturated rings. The molecule has 2 heteroatoms. The molecule has 84 valence electrons. The van der Waals surface area contributed by atoms with Gasteiger partial charge in [-0.25, -0.2) is 0 Å². The Bertz CT molecular complexity index is 384. The van der Waals surface area contributed by atoms with Crippen molar-refractivity contribution in [3.8, 4) is 0 Å². The summed E-state index contributed by atoms with van der Waals surface area (Å²) in [6.07, 6.45) is 4.22. The van der Waals surface area contributed by atoms with Gasteiger partial charge in [0.05, 0.1) is 0 Å². The Hall–Kier alpha value is -1.57. The van der Waals surface area contributed by atoms with Gasteiger partial charge in [-0.3, -0.25) is 4.79 Å². The average Bonchev–Trinajstić information content (AvgIpc) is 2.39. The van der Waals surface area contributed by atoms with Gasteiger partial charge in [0.1, 0.15) is 0 Å². The molecule has 1 saturated heterocycles. The Kier molecular flexibility index (Phi) is 3.40. The lowest BCUT2D eigenvalue weighted by atomic mass is 10.0. The fourth-order valence-corrected chi connectivity index (χ4v) is 2.05. The van der Waals surface area contributed by atoms with E-state index in [1.54, 1.807) is 0 Å². The highest BCUT2D eigenvalue weighted by atomic mass is 16.2. The Balaban J connectivity index is 2.02. The lowest BCUT2D eigenvalue weighted by Crippen LogP contribution is -2.36. The average molecular weight is 215 g/mol. The van der Waals surface area contributed by atoms with E-state index < -0.39 is 0 Å². The van der Waals surface area contributed by atoms with Crippen molar-refractivity contribution in [2.75, 3.05) is 13.1 Å². The molecule has 0 atom stereocenters. The molecule has 2 rings (SSSR count). The third kappa shape index (κ3) is 2.32. The first-order chi connectivity index (χ1) is 7.81. The minimum Gasteiger partial charge on any atom is -0.338 e. The van der Waals surface area contributed by atoms with Crippen LogP contribution in [0.5, 0.6) is 0 Å². The SMILES string of the molecule is CC=C1CCN(C(=O)c2ccccc2)CC1. The zero-order chi connectivity index (χ0) is 11.4. The van der Waals surface area contributed by atoms with E-state index >= 15 is 0 Å². The van der Waals surface area contributed by atoms with Gasteiger partial charge in [-0.2, -0.15) is 0 Å². The van der Waals surface area contributed by atoms with Crippen molar-refractivity contribution < 1.29 is 4.79 Å². The van der Waals surface area contributed by atoms with Gasteiger partial charge < -0.3 is 4.90 Å². The number of amides is 1. The minimum atomic E-state index is 0.163. The van der Waals surface area contributed by atoms with Gasteiger partial charge >= 0.3 is 0 Å². The monoisotopic (exact) mass is 215 g/mol. The van der Waals surface area contributed by atoms with Crippen LogP contribution in [0.3, 0.4) is 0 Å². The van der Waals surface area contributed by atoms with Gasteiger partial charge in [0.2, 0.25) is 0 Å². The number of benzene rings is 1. The standard InChI is InChI=1S/C14H17NO/c1-2-12-8-10-15(11-9-12)14(16)13-6-4-3-5-7-13/h2-7H,8-11H2,1H3. The molecule has 0 N–H and O–H groups in total. The van der Waals surface area contributed by atoms with Crippen LogP contribution >= 0.6 is 0 Å². The highest BCUT2D eigenvalue weighted by molar-refractivity contribution is 5.94. The maximum Gasteiger partial charge on any atom is 0.253 e. The molecule has 1 aliphatic rings. The van der Waals surface area contributed by atoms with E-state index in [1.165, 1.54) is 5.57 Å². The second kappa shape index (κ2) is 4.97. The Morgan fingerprint density at radius 2 is 1.81 bits per heavy atom. The summed E-state index contributed by atoms with van der Waals surface area (Å²) < 4.78 is 0. The van der Waals surface area contributed by atoms with Gasteiger partial charge in [0, 0.05) is 18.7 Å². The Labute approximate surface area is 96.6 Å². The fourth-order valence-electron chi connectivity index (χ4n) is 2.05. The van der Waals surface area contributed by atoms with Gasteiger partial charge in [0.15, 0.2) is 0 Å². The summed E-state index contributed by atoms with van der Waals surface area (Å²) in [5.74, 6) is 0.163. The van der Waals surface area contributed by atoms with Crippen molar-refractivity contribution in [2.45, 2.75) is 19.8 Å². The van der Waals surface area contributed by atoms with Crippen LogP contribution in [0, 0.1) is 0 Å². The van der Waals surface area contributed by atoms with Crippen LogP contribution in [0.25, 0.3) is 0 Å². The lowest BCUT2D eigenvalue weighted by molar-refractivity contribution is 0.0743. The molecular formula is C14H17NO. The summed E-state index contributed by atoms with van der Waals surface area (Å²) in [6.45, 7) is 3.78. The first kappa shape index (κ1) is 10.9. The topological polar surface area (TPSA) is 20.3 Å². The number of carbonyl (C=O) groups is 1. The van der Waals surface area contributed by atoms with Crippen LogP contribution in [0.15, 0.2) is 42.0 Å². The second-order valence-corrected chi connectivity index (χ2v) is 4.11. The van der Waals surface area contributed by atoms with Gasteiger partial charge in [-0.1, -0.05) is 29.8 Å². The largest absolute Gasteiger partial charge is 0.338 e. The first-order valence-corrected chi connectivity index (χ1v) is 5.79.